The summed E-state index contributed by atoms with van der Waals surface area (Å²) in [5.41, 5.74) is 1.12. The zero-order valence-corrected chi connectivity index (χ0v) is 9.48. The number of allylic oxidation sites excluding steroid dienone is 1. The summed E-state index contributed by atoms with van der Waals surface area (Å²) >= 11 is 1.57. The predicted molar refractivity (Wildman–Crippen MR) is 64.4 cm³/mol. The first-order valence-corrected chi connectivity index (χ1v) is 5.70. The van der Waals surface area contributed by atoms with E-state index >= 15 is 0 Å². The van der Waals surface area contributed by atoms with Crippen molar-refractivity contribution in [2.24, 2.45) is 4.99 Å². The molecule has 6 nitrogen and oxygen atoms in total. The second kappa shape index (κ2) is 4.79. The Balaban J connectivity index is 2.13. The molecule has 88 valence electrons. The molecule has 0 fully saturated rings. The second-order valence-electron chi connectivity index (χ2n) is 3.32. The van der Waals surface area contributed by atoms with Gasteiger partial charge in [0.25, 0.3) is 0 Å². The molecule has 0 spiro atoms. The lowest BCUT2D eigenvalue weighted by atomic mass is 10.2. The number of nitrogens with one attached hydrogen (secondary N) is 1. The van der Waals surface area contributed by atoms with Gasteiger partial charge in [-0.2, -0.15) is 11.3 Å². The number of hydrogen-bond acceptors (Lipinski definition) is 6. The Hall–Kier alpha value is -2.15. The summed E-state index contributed by atoms with van der Waals surface area (Å²) < 4.78 is 0. The minimum atomic E-state index is -0.904. The van der Waals surface area contributed by atoms with Crippen LogP contribution >= 0.6 is 11.3 Å². The van der Waals surface area contributed by atoms with Gasteiger partial charge in [-0.25, -0.2) is 4.99 Å². The Morgan fingerprint density at radius 2 is 2.47 bits per heavy atom. The van der Waals surface area contributed by atoms with E-state index in [2.05, 4.69) is 10.3 Å². The fourth-order valence-corrected chi connectivity index (χ4v) is 2.00. The van der Waals surface area contributed by atoms with E-state index in [0.717, 1.165) is 5.56 Å². The summed E-state index contributed by atoms with van der Waals surface area (Å²) in [6.45, 7) is 0. The highest BCUT2D eigenvalue weighted by atomic mass is 32.1. The molecule has 0 atom stereocenters. The van der Waals surface area contributed by atoms with Crippen molar-refractivity contribution in [1.82, 2.24) is 5.32 Å². The van der Waals surface area contributed by atoms with Gasteiger partial charge >= 0.3 is 5.88 Å². The molecule has 17 heavy (non-hydrogen) atoms. The molecule has 0 saturated heterocycles. The van der Waals surface area contributed by atoms with E-state index < -0.39 is 10.8 Å². The van der Waals surface area contributed by atoms with E-state index in [0.29, 0.717) is 12.3 Å². The topological polar surface area (TPSA) is 87.8 Å². The lowest BCUT2D eigenvalue weighted by Gasteiger charge is -2.11. The van der Waals surface area contributed by atoms with Crippen molar-refractivity contribution in [2.75, 3.05) is 0 Å². The first-order chi connectivity index (χ1) is 8.16. The molecule has 0 unspecified atom stereocenters. The molecule has 1 aliphatic rings. The zero-order valence-electron chi connectivity index (χ0n) is 8.66. The van der Waals surface area contributed by atoms with Crippen LogP contribution in [0.15, 0.2) is 45.7 Å². The predicted octanol–water partition coefficient (Wildman–Crippen LogP) is 1.81. The number of nitrogens with zero attached hydrogens (tertiary/aromatic N) is 2. The lowest BCUT2D eigenvalue weighted by molar-refractivity contribution is -0.460. The lowest BCUT2D eigenvalue weighted by Crippen LogP contribution is -2.28. The number of aliphatic hydroxyl groups is 1. The van der Waals surface area contributed by atoms with E-state index in [1.807, 2.05) is 16.8 Å². The number of nitro groups is 1. The van der Waals surface area contributed by atoms with E-state index in [1.54, 1.807) is 11.3 Å². The van der Waals surface area contributed by atoms with Gasteiger partial charge in [0.15, 0.2) is 5.70 Å². The van der Waals surface area contributed by atoms with Crippen molar-refractivity contribution in [3.05, 3.63) is 56.4 Å². The van der Waals surface area contributed by atoms with Crippen LogP contribution < -0.4 is 5.32 Å². The van der Waals surface area contributed by atoms with Gasteiger partial charge < -0.3 is 10.4 Å². The number of thiophene rings is 1. The van der Waals surface area contributed by atoms with Crippen LogP contribution in [0.4, 0.5) is 0 Å². The SMILES string of the molecule is O=[N+]([O-])C(O)=C1C=CN=C(Cc2ccsc2)N1. The van der Waals surface area contributed by atoms with Crippen molar-refractivity contribution in [2.45, 2.75) is 6.42 Å². The van der Waals surface area contributed by atoms with Gasteiger partial charge in [-0.05, 0) is 28.5 Å². The third kappa shape index (κ3) is 2.70. The average molecular weight is 251 g/mol. The zero-order chi connectivity index (χ0) is 12.3. The summed E-state index contributed by atoms with van der Waals surface area (Å²) in [4.78, 5) is 13.6. The van der Waals surface area contributed by atoms with Gasteiger partial charge in [-0.15, -0.1) is 0 Å². The maximum absolute atomic E-state index is 10.4. The monoisotopic (exact) mass is 251 g/mol. The van der Waals surface area contributed by atoms with Crippen LogP contribution in [-0.4, -0.2) is 15.9 Å². The van der Waals surface area contributed by atoms with Crippen LogP contribution in [0.5, 0.6) is 0 Å². The normalized spacial score (nSPS) is 17.3. The Labute approximate surface area is 101 Å². The quantitative estimate of drug-likeness (QED) is 0.487. The van der Waals surface area contributed by atoms with Crippen LogP contribution in [0.3, 0.4) is 0 Å². The van der Waals surface area contributed by atoms with Gasteiger partial charge in [0.2, 0.25) is 0 Å². The molecule has 0 amide bonds. The summed E-state index contributed by atoms with van der Waals surface area (Å²) in [7, 11) is 0. The van der Waals surface area contributed by atoms with Crippen LogP contribution in [0.25, 0.3) is 0 Å². The number of rotatable bonds is 3. The molecule has 1 aliphatic heterocycles. The molecule has 1 aromatic heterocycles. The van der Waals surface area contributed by atoms with E-state index in [1.165, 1.54) is 12.3 Å². The molecule has 0 saturated carbocycles. The molecular formula is C10H9N3O3S. The number of amidine groups is 1. The molecule has 2 heterocycles. The number of hydrogen-bond donors (Lipinski definition) is 2. The molecular weight excluding hydrogens is 242 g/mol. The fourth-order valence-electron chi connectivity index (χ4n) is 1.34. The Morgan fingerprint density at radius 3 is 3.12 bits per heavy atom. The largest absolute Gasteiger partial charge is 0.454 e. The van der Waals surface area contributed by atoms with Crippen molar-refractivity contribution < 1.29 is 10.0 Å². The Bertz CT molecular complexity index is 517. The van der Waals surface area contributed by atoms with Crippen molar-refractivity contribution in [3.8, 4) is 0 Å². The minimum Gasteiger partial charge on any atom is -0.454 e. The van der Waals surface area contributed by atoms with Gasteiger partial charge in [-0.3, -0.25) is 10.1 Å². The summed E-state index contributed by atoms with van der Waals surface area (Å²) in [6, 6.07) is 1.95. The molecule has 0 aromatic carbocycles. The van der Waals surface area contributed by atoms with Crippen LogP contribution in [-0.2, 0) is 6.42 Å². The van der Waals surface area contributed by atoms with E-state index in [4.69, 9.17) is 0 Å². The van der Waals surface area contributed by atoms with Gasteiger partial charge in [0, 0.05) is 12.6 Å². The average Bonchev–Trinajstić information content (AvgIpc) is 2.81. The maximum Gasteiger partial charge on any atom is 0.449 e. The molecule has 0 radical (unpaired) electrons. The first-order valence-electron chi connectivity index (χ1n) is 4.76. The molecule has 2 N–H and O–H groups in total. The fraction of sp³-hybridized carbons (Fsp3) is 0.100. The minimum absolute atomic E-state index is 0.0511. The van der Waals surface area contributed by atoms with Crippen LogP contribution in [0, 0.1) is 10.1 Å². The van der Waals surface area contributed by atoms with Gasteiger partial charge in [-0.1, -0.05) is 0 Å². The number of aliphatic hydroxyl groups excluding tert-OH is 1. The first kappa shape index (κ1) is 11.3. The summed E-state index contributed by atoms with van der Waals surface area (Å²) in [5, 5.41) is 26.3. The number of aliphatic imine (C=N–C) groups is 1. The standard InChI is InChI=1S/C10H9N3O3S/c14-10(13(15)16)8-1-3-11-9(12-8)5-7-2-4-17-6-7/h1-4,6,14H,5H2,(H,11,12). The van der Waals surface area contributed by atoms with E-state index in [9.17, 15) is 15.2 Å². The highest BCUT2D eigenvalue weighted by Gasteiger charge is 2.18. The maximum atomic E-state index is 10.4. The van der Waals surface area contributed by atoms with Gasteiger partial charge in [0.1, 0.15) is 10.8 Å². The molecule has 0 bridgehead atoms. The highest BCUT2D eigenvalue weighted by Crippen LogP contribution is 2.11. The Kier molecular flexibility index (Phi) is 3.20. The Morgan fingerprint density at radius 1 is 1.65 bits per heavy atom. The smallest absolute Gasteiger partial charge is 0.449 e. The van der Waals surface area contributed by atoms with Crippen LogP contribution in [0.2, 0.25) is 0 Å². The molecule has 7 heteroatoms. The van der Waals surface area contributed by atoms with E-state index in [-0.39, 0.29) is 5.70 Å². The van der Waals surface area contributed by atoms with Crippen LogP contribution in [0.1, 0.15) is 5.56 Å². The van der Waals surface area contributed by atoms with Crippen molar-refractivity contribution in [1.29, 1.82) is 0 Å². The second-order valence-corrected chi connectivity index (χ2v) is 4.10. The summed E-state index contributed by atoms with van der Waals surface area (Å²) in [5.74, 6) is -0.340. The third-order valence-corrected chi connectivity index (χ3v) is 2.85. The molecule has 2 rings (SSSR count). The van der Waals surface area contributed by atoms with Crippen molar-refractivity contribution in [3.63, 3.8) is 0 Å². The van der Waals surface area contributed by atoms with Gasteiger partial charge in [0.05, 0.1) is 0 Å². The highest BCUT2D eigenvalue weighted by molar-refractivity contribution is 7.08. The van der Waals surface area contributed by atoms with Crippen molar-refractivity contribution >= 4 is 17.2 Å². The molecule has 0 aliphatic carbocycles. The summed E-state index contributed by atoms with van der Waals surface area (Å²) in [6.07, 6.45) is 3.32. The molecule has 1 aromatic rings. The third-order valence-electron chi connectivity index (χ3n) is 2.12.